The fourth-order valence-corrected chi connectivity index (χ4v) is 10.9. The van der Waals surface area contributed by atoms with Gasteiger partial charge in [-0.1, -0.05) is 76.6 Å². The number of hydrogen-bond donors (Lipinski definition) is 0. The van der Waals surface area contributed by atoms with Crippen LogP contribution in [0, 0.1) is 11.1 Å². The Kier molecular flexibility index (Phi) is 19.2. The van der Waals surface area contributed by atoms with Crippen LogP contribution in [0.25, 0.3) is 5.57 Å². The van der Waals surface area contributed by atoms with Gasteiger partial charge in [0.25, 0.3) is 0 Å². The Balaban J connectivity index is 0.000000202. The van der Waals surface area contributed by atoms with Gasteiger partial charge in [0.2, 0.25) is 0 Å². The summed E-state index contributed by atoms with van der Waals surface area (Å²) >= 11 is 0. The summed E-state index contributed by atoms with van der Waals surface area (Å²) in [4.78, 5) is 6.21. The molecule has 61 heavy (non-hydrogen) atoms. The first-order valence-corrected chi connectivity index (χ1v) is 28.0. The van der Waals surface area contributed by atoms with Crippen molar-refractivity contribution in [3.63, 3.8) is 0 Å². The zero-order valence-corrected chi connectivity index (χ0v) is 40.3. The first kappa shape index (κ1) is 50.7. The van der Waals surface area contributed by atoms with Crippen LogP contribution in [0.5, 0.6) is 0 Å². The summed E-state index contributed by atoms with van der Waals surface area (Å²) in [5.41, 5.74) is 4.54. The van der Waals surface area contributed by atoms with Crippen LogP contribution in [0.15, 0.2) is 93.6 Å². The maximum absolute atomic E-state index is 12.4. The third kappa shape index (κ3) is 16.3. The topological polar surface area (TPSA) is 132 Å². The van der Waals surface area contributed by atoms with Gasteiger partial charge in [-0.25, -0.2) is 25.3 Å². The zero-order chi connectivity index (χ0) is 44.8. The molecule has 1 atom stereocenters. The van der Waals surface area contributed by atoms with E-state index in [4.69, 9.17) is 0 Å². The second-order valence-corrected chi connectivity index (χ2v) is 23.8. The Hall–Kier alpha value is -2.91. The average molecular weight is 900 g/mol. The summed E-state index contributed by atoms with van der Waals surface area (Å²) in [6.45, 7) is 17.4. The van der Waals surface area contributed by atoms with Gasteiger partial charge in [0.15, 0.2) is 29.5 Å². The van der Waals surface area contributed by atoms with E-state index in [2.05, 4.69) is 42.7 Å². The quantitative estimate of drug-likeness (QED) is 0.115. The van der Waals surface area contributed by atoms with Gasteiger partial charge in [0, 0.05) is 51.2 Å². The van der Waals surface area contributed by atoms with Crippen molar-refractivity contribution in [3.05, 3.63) is 101 Å². The Bertz CT molecular complexity index is 2210. The molecular weight excluding hydrogens is 827 g/mol. The molecule has 0 spiro atoms. The molecule has 0 aromatic heterocycles. The van der Waals surface area contributed by atoms with E-state index in [1.165, 1.54) is 55.7 Å². The predicted molar refractivity (Wildman–Crippen MR) is 251 cm³/mol. The highest BCUT2D eigenvalue weighted by molar-refractivity contribution is 7.91. The third-order valence-corrected chi connectivity index (χ3v) is 15.7. The van der Waals surface area contributed by atoms with Gasteiger partial charge in [-0.05, 0) is 135 Å². The van der Waals surface area contributed by atoms with Crippen LogP contribution >= 0.6 is 0 Å². The number of quaternary nitrogens is 1. The van der Waals surface area contributed by atoms with Gasteiger partial charge in [-0.3, -0.25) is 4.90 Å². The Labute approximate surface area is 369 Å². The van der Waals surface area contributed by atoms with Gasteiger partial charge in [0.1, 0.15) is 0 Å². The molecule has 0 aliphatic carbocycles. The minimum absolute atomic E-state index is 0.0846. The van der Waals surface area contributed by atoms with Crippen molar-refractivity contribution in [2.24, 2.45) is 5.92 Å². The van der Waals surface area contributed by atoms with Crippen LogP contribution in [0.4, 0.5) is 0 Å². The normalized spacial score (nSPS) is 21.3. The molecule has 3 aromatic rings. The fraction of sp³-hybridized carbons (Fsp3) is 0.583. The van der Waals surface area contributed by atoms with Crippen LogP contribution in [0.3, 0.4) is 0 Å². The number of nitrogens with zero attached hydrogens (tertiary/aromatic N) is 3. The Morgan fingerprint density at radius 3 is 1.62 bits per heavy atom. The van der Waals surface area contributed by atoms with Crippen molar-refractivity contribution < 1.29 is 29.9 Å². The minimum atomic E-state index is -3.16. The molecule has 2 saturated heterocycles. The number of likely N-dealkylation sites (tertiary alicyclic amines) is 2. The molecule has 0 radical (unpaired) electrons. The molecule has 0 bridgehead atoms. The molecule has 6 rings (SSSR count). The second-order valence-electron chi connectivity index (χ2n) is 17.7. The summed E-state index contributed by atoms with van der Waals surface area (Å²) in [5.74, 6) is 1.59. The van der Waals surface area contributed by atoms with E-state index < -0.39 is 29.5 Å². The molecular formula is C48H73N3O7S3. The Morgan fingerprint density at radius 1 is 0.656 bits per heavy atom. The number of hydroxylamine groups is 3. The first-order valence-electron chi connectivity index (χ1n) is 22.4. The van der Waals surface area contributed by atoms with Gasteiger partial charge in [0.05, 0.1) is 34.3 Å². The van der Waals surface area contributed by atoms with Gasteiger partial charge in [-0.2, -0.15) is 0 Å². The zero-order valence-electron chi connectivity index (χ0n) is 37.9. The lowest BCUT2D eigenvalue weighted by molar-refractivity contribution is -0.886. The molecule has 3 heterocycles. The largest absolute Gasteiger partial charge is 0.633 e. The number of benzene rings is 3. The molecule has 0 amide bonds. The van der Waals surface area contributed by atoms with E-state index in [1.807, 2.05) is 37.3 Å². The molecule has 10 nitrogen and oxygen atoms in total. The van der Waals surface area contributed by atoms with E-state index in [1.54, 1.807) is 36.4 Å². The van der Waals surface area contributed by atoms with Crippen molar-refractivity contribution >= 4 is 35.1 Å². The summed E-state index contributed by atoms with van der Waals surface area (Å²) in [6.07, 6.45) is 15.6. The highest BCUT2D eigenvalue weighted by Crippen LogP contribution is 2.33. The van der Waals surface area contributed by atoms with E-state index in [0.717, 1.165) is 88.3 Å². The number of sulfone groups is 3. The number of piperidine rings is 2. The second kappa shape index (κ2) is 23.1. The number of rotatable bonds is 14. The van der Waals surface area contributed by atoms with Crippen LogP contribution in [0.1, 0.15) is 114 Å². The van der Waals surface area contributed by atoms with Gasteiger partial charge < -0.3 is 14.8 Å². The highest BCUT2D eigenvalue weighted by atomic mass is 32.2. The van der Waals surface area contributed by atoms with Crippen molar-refractivity contribution in [1.82, 2.24) is 9.80 Å². The molecule has 2 fully saturated rings. The van der Waals surface area contributed by atoms with Crippen LogP contribution in [0.2, 0.25) is 0 Å². The van der Waals surface area contributed by atoms with Crippen LogP contribution < -0.4 is 0 Å². The van der Waals surface area contributed by atoms with Gasteiger partial charge >= 0.3 is 0 Å². The smallest absolute Gasteiger partial charge is 0.175 e. The molecule has 3 aromatic carbocycles. The lowest BCUT2D eigenvalue weighted by Gasteiger charge is -2.47. The summed E-state index contributed by atoms with van der Waals surface area (Å²) in [5, 5.41) is 12.4. The molecule has 3 aliphatic rings. The van der Waals surface area contributed by atoms with E-state index in [0.29, 0.717) is 46.2 Å². The molecule has 0 saturated carbocycles. The number of hydrogen-bond acceptors (Lipinski definition) is 9. The van der Waals surface area contributed by atoms with Crippen molar-refractivity contribution in [2.75, 3.05) is 77.7 Å². The van der Waals surface area contributed by atoms with E-state index in [-0.39, 0.29) is 4.65 Å². The lowest BCUT2D eigenvalue weighted by atomic mass is 9.89. The fourth-order valence-electron chi connectivity index (χ4n) is 8.89. The van der Waals surface area contributed by atoms with E-state index in [9.17, 15) is 30.5 Å². The summed E-state index contributed by atoms with van der Waals surface area (Å²) in [6, 6.07) is 22.0. The van der Waals surface area contributed by atoms with Crippen molar-refractivity contribution in [3.8, 4) is 0 Å². The third-order valence-electron chi connectivity index (χ3n) is 12.3. The monoisotopic (exact) mass is 899 g/mol. The highest BCUT2D eigenvalue weighted by Gasteiger charge is 2.28. The first-order chi connectivity index (χ1) is 28.7. The molecule has 13 heteroatoms. The molecule has 340 valence electrons. The van der Waals surface area contributed by atoms with Crippen LogP contribution in [-0.4, -0.2) is 117 Å². The Morgan fingerprint density at radius 2 is 1.16 bits per heavy atom. The van der Waals surface area contributed by atoms with Crippen molar-refractivity contribution in [1.29, 1.82) is 0 Å². The summed E-state index contributed by atoms with van der Waals surface area (Å²) < 4.78 is 69.7. The van der Waals surface area contributed by atoms with Crippen LogP contribution in [-0.2, 0) is 29.5 Å². The van der Waals surface area contributed by atoms with E-state index >= 15 is 0 Å². The molecule has 3 aliphatic heterocycles. The maximum atomic E-state index is 12.4. The minimum Gasteiger partial charge on any atom is -0.633 e. The predicted octanol–water partition coefficient (Wildman–Crippen LogP) is 8.99. The summed E-state index contributed by atoms with van der Waals surface area (Å²) in [7, 11) is -9.39. The lowest BCUT2D eigenvalue weighted by Crippen LogP contribution is -2.48. The average Bonchev–Trinajstić information content (AvgIpc) is 3.22. The molecule has 0 N–H and O–H groups in total. The van der Waals surface area contributed by atoms with Gasteiger partial charge in [-0.15, -0.1) is 0 Å². The maximum Gasteiger partial charge on any atom is 0.175 e. The standard InChI is InChI=1S/C18H29NO2S.C15H23NO3S.C15H21NO2S/c1-4-6-15(2)14-19-11-9-16(10-12-19)17-7-5-8-18(13-17)22(3,20)21;1-3-9-16(17)10-7-13(8-11-16)14-5-4-6-15(12-14)20(2,18)19;1-3-9-16-10-7-13(8-11-16)14-5-4-6-15(12-14)19(2,17)18/h5,7-8,13,15-16H,4,6,9-12,14H2,1-3H3;4-6,12-13H,3,7-11H2,1-2H3;4-7,12H,3,8-11H2,1-2H3. The molecule has 1 unspecified atom stereocenters. The van der Waals surface area contributed by atoms with Crippen molar-refractivity contribution in [2.45, 2.75) is 112 Å². The SMILES string of the molecule is CCCC(C)CN1CCC(c2cccc(S(C)(=O)=O)c2)CC1.CCCN1CC=C(c2cccc(S(C)(=O)=O)c2)CC1.CCC[N+]1([O-])CCC(c2cccc(S(C)(=O)=O)c2)CC1.